The Morgan fingerprint density at radius 3 is 2.94 bits per heavy atom. The van der Waals surface area contributed by atoms with Crippen LogP contribution in [0.25, 0.3) is 0 Å². The van der Waals surface area contributed by atoms with Crippen molar-refractivity contribution in [2.45, 2.75) is 24.9 Å². The van der Waals surface area contributed by atoms with Crippen molar-refractivity contribution in [2.75, 3.05) is 53.5 Å². The Morgan fingerprint density at radius 1 is 1.31 bits per heavy atom. The summed E-state index contributed by atoms with van der Waals surface area (Å²) in [6, 6.07) is 1.23. The maximum absolute atomic E-state index is 5.48. The van der Waals surface area contributed by atoms with Crippen LogP contribution in [0.3, 0.4) is 0 Å². The number of ether oxygens (including phenoxy) is 1. The van der Waals surface area contributed by atoms with E-state index in [4.69, 9.17) is 4.74 Å². The maximum atomic E-state index is 5.48. The Labute approximate surface area is 98.9 Å². The van der Waals surface area contributed by atoms with Gasteiger partial charge in [0.25, 0.3) is 0 Å². The minimum atomic E-state index is 0.578. The van der Waals surface area contributed by atoms with Gasteiger partial charge in [-0.3, -0.25) is 4.90 Å². The maximum Gasteiger partial charge on any atom is 0.0619 e. The van der Waals surface area contributed by atoms with Crippen LogP contribution in [-0.4, -0.2) is 75.4 Å². The van der Waals surface area contributed by atoms with Crippen molar-refractivity contribution in [3.63, 3.8) is 0 Å². The van der Waals surface area contributed by atoms with E-state index in [0.29, 0.717) is 12.1 Å². The average Bonchev–Trinajstić information content (AvgIpc) is 2.32. The molecule has 2 fully saturated rings. The topological polar surface area (TPSA) is 27.7 Å². The predicted molar refractivity (Wildman–Crippen MR) is 65.8 cm³/mol. The zero-order valence-electron chi connectivity index (χ0n) is 10.6. The smallest absolute Gasteiger partial charge is 0.0619 e. The second kappa shape index (κ2) is 5.96. The molecule has 0 aromatic heterocycles. The van der Waals surface area contributed by atoms with Crippen molar-refractivity contribution in [1.29, 1.82) is 0 Å². The molecule has 1 N–H and O–H groups in total. The first-order valence-electron chi connectivity index (χ1n) is 6.45. The highest BCUT2D eigenvalue weighted by Gasteiger charge is 2.23. The number of rotatable bonds is 3. The third-order valence-electron chi connectivity index (χ3n) is 3.78. The van der Waals surface area contributed by atoms with Gasteiger partial charge in [0.1, 0.15) is 0 Å². The lowest BCUT2D eigenvalue weighted by molar-refractivity contribution is 0.0612. The number of hydrogen-bond donors (Lipinski definition) is 1. The van der Waals surface area contributed by atoms with E-state index in [9.17, 15) is 0 Å². The van der Waals surface area contributed by atoms with Gasteiger partial charge >= 0.3 is 0 Å². The molecule has 94 valence electrons. The van der Waals surface area contributed by atoms with Gasteiger partial charge in [0.2, 0.25) is 0 Å². The van der Waals surface area contributed by atoms with Gasteiger partial charge in [-0.05, 0) is 26.9 Å². The molecule has 2 atom stereocenters. The molecule has 2 aliphatic heterocycles. The number of hydrogen-bond acceptors (Lipinski definition) is 4. The summed E-state index contributed by atoms with van der Waals surface area (Å²) in [4.78, 5) is 4.89. The van der Waals surface area contributed by atoms with Crippen LogP contribution in [-0.2, 0) is 4.74 Å². The van der Waals surface area contributed by atoms with E-state index in [1.165, 1.54) is 32.5 Å². The molecule has 0 radical (unpaired) electrons. The Kier molecular flexibility index (Phi) is 4.58. The molecule has 0 spiro atoms. The van der Waals surface area contributed by atoms with Crippen molar-refractivity contribution in [2.24, 2.45) is 0 Å². The lowest BCUT2D eigenvalue weighted by Gasteiger charge is -2.38. The fraction of sp³-hybridized carbons (Fsp3) is 1.00. The molecule has 2 heterocycles. The zero-order valence-corrected chi connectivity index (χ0v) is 10.6. The Bertz CT molecular complexity index is 206. The van der Waals surface area contributed by atoms with Crippen molar-refractivity contribution in [3.8, 4) is 0 Å². The zero-order chi connectivity index (χ0) is 11.4. The minimum Gasteiger partial charge on any atom is -0.380 e. The molecule has 0 aromatic carbocycles. The van der Waals surface area contributed by atoms with Crippen molar-refractivity contribution in [3.05, 3.63) is 0 Å². The van der Waals surface area contributed by atoms with Crippen LogP contribution in [0.15, 0.2) is 0 Å². The highest BCUT2D eigenvalue weighted by molar-refractivity contribution is 4.82. The molecule has 0 aliphatic carbocycles. The fourth-order valence-electron chi connectivity index (χ4n) is 2.53. The fourth-order valence-corrected chi connectivity index (χ4v) is 2.53. The van der Waals surface area contributed by atoms with Gasteiger partial charge in [-0.15, -0.1) is 0 Å². The van der Waals surface area contributed by atoms with Crippen LogP contribution in [0.5, 0.6) is 0 Å². The van der Waals surface area contributed by atoms with Gasteiger partial charge in [-0.2, -0.15) is 0 Å². The third kappa shape index (κ3) is 3.42. The van der Waals surface area contributed by atoms with E-state index in [2.05, 4.69) is 29.2 Å². The molecular weight excluding hydrogens is 202 g/mol. The summed E-state index contributed by atoms with van der Waals surface area (Å²) in [7, 11) is 4.44. The summed E-state index contributed by atoms with van der Waals surface area (Å²) in [5.74, 6) is 0. The Hall–Kier alpha value is -0.160. The molecule has 2 unspecified atom stereocenters. The molecule has 4 heteroatoms. The third-order valence-corrected chi connectivity index (χ3v) is 3.78. The van der Waals surface area contributed by atoms with Gasteiger partial charge in [0, 0.05) is 44.9 Å². The largest absolute Gasteiger partial charge is 0.380 e. The number of piperazine rings is 1. The first-order chi connectivity index (χ1) is 7.75. The summed E-state index contributed by atoms with van der Waals surface area (Å²) < 4.78 is 5.48. The van der Waals surface area contributed by atoms with Crippen LogP contribution in [0.4, 0.5) is 0 Å². The van der Waals surface area contributed by atoms with E-state index in [1.54, 1.807) is 0 Å². The normalized spacial score (nSPS) is 34.1. The molecule has 16 heavy (non-hydrogen) atoms. The van der Waals surface area contributed by atoms with E-state index < -0.39 is 0 Å². The van der Waals surface area contributed by atoms with Crippen LogP contribution in [0.1, 0.15) is 12.8 Å². The van der Waals surface area contributed by atoms with Gasteiger partial charge in [0.15, 0.2) is 0 Å². The van der Waals surface area contributed by atoms with Gasteiger partial charge in [-0.25, -0.2) is 0 Å². The lowest BCUT2D eigenvalue weighted by Crippen LogP contribution is -2.55. The molecule has 2 aliphatic rings. The van der Waals surface area contributed by atoms with Crippen LogP contribution >= 0.6 is 0 Å². The van der Waals surface area contributed by atoms with E-state index in [1.807, 2.05) is 0 Å². The highest BCUT2D eigenvalue weighted by Crippen LogP contribution is 2.08. The molecule has 0 saturated carbocycles. The summed E-state index contributed by atoms with van der Waals surface area (Å²) in [6.07, 6.45) is 2.48. The predicted octanol–water partition coefficient (Wildman–Crippen LogP) is 0.000800. The summed E-state index contributed by atoms with van der Waals surface area (Å²) in [5, 5.41) is 3.65. The first-order valence-corrected chi connectivity index (χ1v) is 6.45. The van der Waals surface area contributed by atoms with Crippen LogP contribution in [0, 0.1) is 0 Å². The standard InChI is InChI=1S/C12H25N3O/c1-14-5-6-15(2)12(9-14)8-13-11-4-3-7-16-10-11/h11-13H,3-10H2,1-2H3. The van der Waals surface area contributed by atoms with E-state index >= 15 is 0 Å². The Balaban J connectivity index is 1.71. The number of nitrogens with zero attached hydrogens (tertiary/aromatic N) is 2. The van der Waals surface area contributed by atoms with Crippen LogP contribution < -0.4 is 5.32 Å². The van der Waals surface area contributed by atoms with Crippen molar-refractivity contribution < 1.29 is 4.74 Å². The second-order valence-corrected chi connectivity index (χ2v) is 5.22. The summed E-state index contributed by atoms with van der Waals surface area (Å²) >= 11 is 0. The van der Waals surface area contributed by atoms with Gasteiger partial charge in [0.05, 0.1) is 6.61 Å². The van der Waals surface area contributed by atoms with E-state index in [-0.39, 0.29) is 0 Å². The van der Waals surface area contributed by atoms with Crippen LogP contribution in [0.2, 0.25) is 0 Å². The molecule has 0 aromatic rings. The molecule has 2 rings (SSSR count). The molecule has 4 nitrogen and oxygen atoms in total. The molecule has 0 amide bonds. The summed E-state index contributed by atoms with van der Waals surface area (Å²) in [5.41, 5.74) is 0. The lowest BCUT2D eigenvalue weighted by atomic mass is 10.1. The van der Waals surface area contributed by atoms with Gasteiger partial charge < -0.3 is 15.0 Å². The molecular formula is C12H25N3O. The molecule has 2 saturated heterocycles. The van der Waals surface area contributed by atoms with Crippen molar-refractivity contribution >= 4 is 0 Å². The minimum absolute atomic E-state index is 0.578. The first kappa shape index (κ1) is 12.3. The summed E-state index contributed by atoms with van der Waals surface area (Å²) in [6.45, 7) is 6.49. The average molecular weight is 227 g/mol. The number of likely N-dealkylation sites (N-methyl/N-ethyl adjacent to an activating group) is 2. The highest BCUT2D eigenvalue weighted by atomic mass is 16.5. The molecule has 0 bridgehead atoms. The number of nitrogens with one attached hydrogen (secondary N) is 1. The Morgan fingerprint density at radius 2 is 2.19 bits per heavy atom. The monoisotopic (exact) mass is 227 g/mol. The van der Waals surface area contributed by atoms with Crippen molar-refractivity contribution in [1.82, 2.24) is 15.1 Å². The SMILES string of the molecule is CN1CCN(C)C(CNC2CCCOC2)C1. The second-order valence-electron chi connectivity index (χ2n) is 5.22. The van der Waals surface area contributed by atoms with Gasteiger partial charge in [-0.1, -0.05) is 0 Å². The quantitative estimate of drug-likeness (QED) is 0.734. The van der Waals surface area contributed by atoms with E-state index in [0.717, 1.165) is 19.8 Å².